The molecule has 2 heterocycles. The van der Waals surface area contributed by atoms with Crippen LogP contribution in [0.1, 0.15) is 37.2 Å². The Bertz CT molecular complexity index is 273. The average Bonchev–Trinajstić information content (AvgIpc) is 2.81. The molecule has 1 fully saturated rings. The van der Waals surface area contributed by atoms with Crippen LogP contribution in [-0.4, -0.2) is 24.1 Å². The summed E-state index contributed by atoms with van der Waals surface area (Å²) >= 11 is 1.75. The summed E-state index contributed by atoms with van der Waals surface area (Å²) in [6, 6.07) is 1.06. The molecular formula is C11H20ClN3S. The minimum atomic E-state index is 0. The van der Waals surface area contributed by atoms with Gasteiger partial charge in [0.25, 0.3) is 0 Å². The Morgan fingerprint density at radius 2 is 2.56 bits per heavy atom. The van der Waals surface area contributed by atoms with Gasteiger partial charge in [0, 0.05) is 24.2 Å². The molecule has 92 valence electrons. The summed E-state index contributed by atoms with van der Waals surface area (Å²) in [7, 11) is 0. The highest BCUT2D eigenvalue weighted by Crippen LogP contribution is 2.20. The Morgan fingerprint density at radius 1 is 1.69 bits per heavy atom. The standard InChI is InChI=1S/C11H19N3S.ClH/c1-2-10(11-13-6-7-15-11)14-9-4-3-5-12-8-9;/h6-7,9-10,12,14H,2-5,8H2,1H3;1H. The number of piperidine rings is 1. The fraction of sp³-hybridized carbons (Fsp3) is 0.727. The molecule has 0 spiro atoms. The molecule has 1 saturated heterocycles. The molecule has 2 unspecified atom stereocenters. The van der Waals surface area contributed by atoms with Crippen molar-refractivity contribution in [1.82, 2.24) is 15.6 Å². The van der Waals surface area contributed by atoms with E-state index in [0.717, 1.165) is 13.0 Å². The molecule has 0 aromatic carbocycles. The summed E-state index contributed by atoms with van der Waals surface area (Å²) in [4.78, 5) is 4.39. The van der Waals surface area contributed by atoms with E-state index in [0.29, 0.717) is 12.1 Å². The average molecular weight is 262 g/mol. The Morgan fingerprint density at radius 3 is 3.12 bits per heavy atom. The van der Waals surface area contributed by atoms with E-state index in [9.17, 15) is 0 Å². The van der Waals surface area contributed by atoms with Gasteiger partial charge in [0.1, 0.15) is 5.01 Å². The molecule has 2 rings (SSSR count). The van der Waals surface area contributed by atoms with Crippen LogP contribution in [-0.2, 0) is 0 Å². The first kappa shape index (κ1) is 13.9. The highest BCUT2D eigenvalue weighted by Gasteiger charge is 2.18. The maximum Gasteiger partial charge on any atom is 0.109 e. The highest BCUT2D eigenvalue weighted by molar-refractivity contribution is 7.09. The SMILES string of the molecule is CCC(NC1CCCNC1)c1nccs1.Cl. The summed E-state index contributed by atoms with van der Waals surface area (Å²) in [5, 5.41) is 10.4. The van der Waals surface area contributed by atoms with E-state index in [2.05, 4.69) is 27.9 Å². The Hall–Kier alpha value is -0.160. The van der Waals surface area contributed by atoms with E-state index in [4.69, 9.17) is 0 Å². The Kier molecular flexibility index (Phi) is 6.28. The van der Waals surface area contributed by atoms with Gasteiger partial charge in [-0.05, 0) is 25.8 Å². The number of halogens is 1. The van der Waals surface area contributed by atoms with E-state index in [1.807, 2.05) is 6.20 Å². The van der Waals surface area contributed by atoms with Crippen LogP contribution in [0.5, 0.6) is 0 Å². The van der Waals surface area contributed by atoms with Crippen LogP contribution < -0.4 is 10.6 Å². The van der Waals surface area contributed by atoms with Gasteiger partial charge < -0.3 is 10.6 Å². The van der Waals surface area contributed by atoms with Gasteiger partial charge in [-0.1, -0.05) is 6.92 Å². The molecule has 0 aliphatic carbocycles. The molecule has 3 nitrogen and oxygen atoms in total. The van der Waals surface area contributed by atoms with E-state index < -0.39 is 0 Å². The minimum Gasteiger partial charge on any atom is -0.315 e. The van der Waals surface area contributed by atoms with Crippen molar-refractivity contribution in [2.45, 2.75) is 38.3 Å². The third-order valence-electron chi connectivity index (χ3n) is 2.89. The Labute approximate surface area is 107 Å². The van der Waals surface area contributed by atoms with Crippen molar-refractivity contribution in [3.8, 4) is 0 Å². The molecule has 1 aromatic rings. The summed E-state index contributed by atoms with van der Waals surface area (Å²) in [5.74, 6) is 0. The molecule has 1 aliphatic rings. The lowest BCUT2D eigenvalue weighted by molar-refractivity contribution is 0.348. The van der Waals surface area contributed by atoms with Crippen LogP contribution >= 0.6 is 23.7 Å². The van der Waals surface area contributed by atoms with E-state index in [-0.39, 0.29) is 12.4 Å². The lowest BCUT2D eigenvalue weighted by atomic mass is 10.1. The number of rotatable bonds is 4. The van der Waals surface area contributed by atoms with Crippen LogP contribution in [0.2, 0.25) is 0 Å². The van der Waals surface area contributed by atoms with Crippen LogP contribution in [0.25, 0.3) is 0 Å². The first-order valence-electron chi connectivity index (χ1n) is 5.76. The predicted octanol–water partition coefficient (Wildman–Crippen LogP) is 2.36. The summed E-state index contributed by atoms with van der Waals surface area (Å²) in [5.41, 5.74) is 0. The number of hydrogen-bond acceptors (Lipinski definition) is 4. The molecule has 2 atom stereocenters. The van der Waals surface area contributed by atoms with Crippen molar-refractivity contribution in [3.05, 3.63) is 16.6 Å². The number of hydrogen-bond donors (Lipinski definition) is 2. The van der Waals surface area contributed by atoms with Gasteiger partial charge in [-0.25, -0.2) is 4.98 Å². The van der Waals surface area contributed by atoms with E-state index in [1.54, 1.807) is 11.3 Å². The van der Waals surface area contributed by atoms with Crippen LogP contribution in [0.3, 0.4) is 0 Å². The van der Waals surface area contributed by atoms with Crippen molar-refractivity contribution in [2.24, 2.45) is 0 Å². The first-order valence-corrected chi connectivity index (χ1v) is 6.64. The van der Waals surface area contributed by atoms with Crippen molar-refractivity contribution >= 4 is 23.7 Å². The van der Waals surface area contributed by atoms with Gasteiger partial charge in [-0.3, -0.25) is 0 Å². The van der Waals surface area contributed by atoms with Gasteiger partial charge in [0.05, 0.1) is 6.04 Å². The normalized spacial score (nSPS) is 22.4. The molecule has 1 aromatic heterocycles. The molecule has 0 amide bonds. The molecule has 5 heteroatoms. The van der Waals surface area contributed by atoms with Crippen LogP contribution in [0, 0.1) is 0 Å². The van der Waals surface area contributed by atoms with Gasteiger partial charge >= 0.3 is 0 Å². The zero-order valence-electron chi connectivity index (χ0n) is 9.61. The van der Waals surface area contributed by atoms with Crippen molar-refractivity contribution < 1.29 is 0 Å². The first-order chi connectivity index (χ1) is 7.40. The smallest absolute Gasteiger partial charge is 0.109 e. The molecule has 0 bridgehead atoms. The second-order valence-corrected chi connectivity index (χ2v) is 4.97. The quantitative estimate of drug-likeness (QED) is 0.874. The predicted molar refractivity (Wildman–Crippen MR) is 71.4 cm³/mol. The van der Waals surface area contributed by atoms with Crippen LogP contribution in [0.4, 0.5) is 0 Å². The highest BCUT2D eigenvalue weighted by atomic mass is 35.5. The fourth-order valence-corrected chi connectivity index (χ4v) is 2.83. The monoisotopic (exact) mass is 261 g/mol. The topological polar surface area (TPSA) is 37.0 Å². The maximum absolute atomic E-state index is 4.39. The zero-order chi connectivity index (χ0) is 10.5. The summed E-state index contributed by atoms with van der Waals surface area (Å²) in [6.45, 7) is 4.49. The number of thiazole rings is 1. The number of nitrogens with zero attached hydrogens (tertiary/aromatic N) is 1. The molecule has 0 saturated carbocycles. The zero-order valence-corrected chi connectivity index (χ0v) is 11.2. The van der Waals surface area contributed by atoms with Gasteiger partial charge in [0.15, 0.2) is 0 Å². The minimum absolute atomic E-state index is 0. The third kappa shape index (κ3) is 3.70. The lowest BCUT2D eigenvalue weighted by Gasteiger charge is -2.27. The largest absolute Gasteiger partial charge is 0.315 e. The second-order valence-electron chi connectivity index (χ2n) is 4.04. The second kappa shape index (κ2) is 7.22. The summed E-state index contributed by atoms with van der Waals surface area (Å²) < 4.78 is 0. The number of nitrogens with one attached hydrogen (secondary N) is 2. The van der Waals surface area contributed by atoms with Crippen LogP contribution in [0.15, 0.2) is 11.6 Å². The Balaban J connectivity index is 0.00000128. The molecule has 2 N–H and O–H groups in total. The fourth-order valence-electron chi connectivity index (χ4n) is 2.05. The van der Waals surface area contributed by atoms with Gasteiger partial charge in [-0.2, -0.15) is 0 Å². The molecule has 16 heavy (non-hydrogen) atoms. The van der Waals surface area contributed by atoms with Crippen molar-refractivity contribution in [2.75, 3.05) is 13.1 Å². The lowest BCUT2D eigenvalue weighted by Crippen LogP contribution is -2.44. The maximum atomic E-state index is 4.39. The van der Waals surface area contributed by atoms with Gasteiger partial charge in [0.2, 0.25) is 0 Å². The van der Waals surface area contributed by atoms with E-state index >= 15 is 0 Å². The molecular weight excluding hydrogens is 242 g/mol. The summed E-state index contributed by atoms with van der Waals surface area (Å²) in [6.07, 6.45) is 5.58. The van der Waals surface area contributed by atoms with Gasteiger partial charge in [-0.15, -0.1) is 23.7 Å². The number of aromatic nitrogens is 1. The van der Waals surface area contributed by atoms with E-state index in [1.165, 1.54) is 24.4 Å². The van der Waals surface area contributed by atoms with Crippen molar-refractivity contribution in [1.29, 1.82) is 0 Å². The third-order valence-corrected chi connectivity index (χ3v) is 3.78. The molecule has 1 aliphatic heterocycles. The molecule has 0 radical (unpaired) electrons. The van der Waals surface area contributed by atoms with Crippen molar-refractivity contribution in [3.63, 3.8) is 0 Å².